The first-order valence-corrected chi connectivity index (χ1v) is 6.74. The van der Waals surface area contributed by atoms with Gasteiger partial charge in [0.25, 0.3) is 0 Å². The molecule has 16 heavy (non-hydrogen) atoms. The van der Waals surface area contributed by atoms with Gasteiger partial charge in [-0.2, -0.15) is 0 Å². The van der Waals surface area contributed by atoms with E-state index < -0.39 is 0 Å². The number of benzene rings is 1. The molecule has 88 valence electrons. The molecule has 0 aliphatic carbocycles. The van der Waals surface area contributed by atoms with Gasteiger partial charge in [0, 0.05) is 23.2 Å². The first-order chi connectivity index (χ1) is 7.69. The zero-order valence-corrected chi connectivity index (χ0v) is 11.3. The molecule has 3 heteroatoms. The maximum Gasteiger partial charge on any atom is 0.0371 e. The topological polar surface area (TPSA) is 29.3 Å². The maximum absolute atomic E-state index is 6.01. The Kier molecular flexibility index (Phi) is 3.87. The van der Waals surface area contributed by atoms with Gasteiger partial charge in [-0.3, -0.25) is 4.90 Å². The van der Waals surface area contributed by atoms with Crippen LogP contribution < -0.4 is 5.73 Å². The van der Waals surface area contributed by atoms with Crippen molar-refractivity contribution in [2.45, 2.75) is 26.3 Å². The van der Waals surface area contributed by atoms with Gasteiger partial charge < -0.3 is 5.73 Å². The Balaban J connectivity index is 1.99. The SMILES string of the molecule is CCC1CCN(Cc2ccc(Br)cc2N)C1. The van der Waals surface area contributed by atoms with E-state index in [2.05, 4.69) is 39.9 Å². The predicted octanol–water partition coefficient (Wildman–Crippen LogP) is 3.26. The Bertz CT molecular complexity index is 365. The van der Waals surface area contributed by atoms with Crippen molar-refractivity contribution in [3.63, 3.8) is 0 Å². The summed E-state index contributed by atoms with van der Waals surface area (Å²) >= 11 is 3.44. The predicted molar refractivity (Wildman–Crippen MR) is 72.2 cm³/mol. The van der Waals surface area contributed by atoms with Crippen LogP contribution in [0.4, 0.5) is 5.69 Å². The third-order valence-electron chi connectivity index (χ3n) is 3.45. The highest BCUT2D eigenvalue weighted by Gasteiger charge is 2.21. The zero-order chi connectivity index (χ0) is 11.5. The number of halogens is 1. The molecule has 2 N–H and O–H groups in total. The number of nitrogens with two attached hydrogens (primary N) is 1. The average molecular weight is 283 g/mol. The van der Waals surface area contributed by atoms with Crippen LogP contribution in [0.1, 0.15) is 25.3 Å². The number of hydrogen-bond acceptors (Lipinski definition) is 2. The first-order valence-electron chi connectivity index (χ1n) is 5.95. The Labute approximate surface area is 106 Å². The number of nitrogens with zero attached hydrogens (tertiary/aromatic N) is 1. The molecule has 2 nitrogen and oxygen atoms in total. The second-order valence-electron chi connectivity index (χ2n) is 4.64. The molecule has 1 aromatic carbocycles. The maximum atomic E-state index is 6.01. The normalized spacial score (nSPS) is 21.5. The van der Waals surface area contributed by atoms with E-state index in [0.717, 1.165) is 22.6 Å². The van der Waals surface area contributed by atoms with Crippen LogP contribution in [0.2, 0.25) is 0 Å². The van der Waals surface area contributed by atoms with E-state index in [1.54, 1.807) is 0 Å². The van der Waals surface area contributed by atoms with Crippen molar-refractivity contribution >= 4 is 21.6 Å². The third-order valence-corrected chi connectivity index (χ3v) is 3.94. The Morgan fingerprint density at radius 1 is 1.50 bits per heavy atom. The quantitative estimate of drug-likeness (QED) is 0.863. The van der Waals surface area contributed by atoms with Crippen molar-refractivity contribution in [3.8, 4) is 0 Å². The molecule has 1 aromatic rings. The van der Waals surface area contributed by atoms with Crippen LogP contribution in [-0.4, -0.2) is 18.0 Å². The number of likely N-dealkylation sites (tertiary alicyclic amines) is 1. The second kappa shape index (κ2) is 5.19. The standard InChI is InChI=1S/C13H19BrN2/c1-2-10-5-6-16(8-10)9-11-3-4-12(14)7-13(11)15/h3-4,7,10H,2,5-6,8-9,15H2,1H3. The minimum absolute atomic E-state index is 0.886. The van der Waals surface area contributed by atoms with Crippen molar-refractivity contribution in [1.82, 2.24) is 4.90 Å². The van der Waals surface area contributed by atoms with Crippen molar-refractivity contribution in [2.24, 2.45) is 5.92 Å². The molecule has 0 spiro atoms. The summed E-state index contributed by atoms with van der Waals surface area (Å²) < 4.78 is 1.06. The van der Waals surface area contributed by atoms with Crippen LogP contribution in [0, 0.1) is 5.92 Å². The molecular formula is C13H19BrN2. The summed E-state index contributed by atoms with van der Waals surface area (Å²) in [5, 5.41) is 0. The van der Waals surface area contributed by atoms with Gasteiger partial charge in [0.1, 0.15) is 0 Å². The third kappa shape index (κ3) is 2.77. The summed E-state index contributed by atoms with van der Waals surface area (Å²) in [7, 11) is 0. The summed E-state index contributed by atoms with van der Waals surface area (Å²) in [4.78, 5) is 2.51. The van der Waals surface area contributed by atoms with Crippen molar-refractivity contribution < 1.29 is 0 Å². The van der Waals surface area contributed by atoms with E-state index in [9.17, 15) is 0 Å². The molecule has 0 aromatic heterocycles. The highest BCUT2D eigenvalue weighted by molar-refractivity contribution is 9.10. The first kappa shape index (κ1) is 11.9. The lowest BCUT2D eigenvalue weighted by Gasteiger charge is -2.17. The Morgan fingerprint density at radius 2 is 2.31 bits per heavy atom. The average Bonchev–Trinajstić information content (AvgIpc) is 2.70. The summed E-state index contributed by atoms with van der Waals surface area (Å²) in [6.45, 7) is 5.72. The Hall–Kier alpha value is -0.540. The van der Waals surface area contributed by atoms with Crippen LogP contribution in [0.5, 0.6) is 0 Å². The van der Waals surface area contributed by atoms with Crippen molar-refractivity contribution in [1.29, 1.82) is 0 Å². The molecule has 1 aliphatic rings. The molecule has 0 bridgehead atoms. The van der Waals surface area contributed by atoms with Gasteiger partial charge in [0.2, 0.25) is 0 Å². The monoisotopic (exact) mass is 282 g/mol. The van der Waals surface area contributed by atoms with E-state index in [4.69, 9.17) is 5.73 Å². The van der Waals surface area contributed by atoms with Crippen LogP contribution in [0.3, 0.4) is 0 Å². The molecule has 1 unspecified atom stereocenters. The molecule has 2 rings (SSSR count). The van der Waals surface area contributed by atoms with Gasteiger partial charge in [0.05, 0.1) is 0 Å². The van der Waals surface area contributed by atoms with E-state index in [1.165, 1.54) is 31.5 Å². The van der Waals surface area contributed by atoms with Crippen LogP contribution in [0.15, 0.2) is 22.7 Å². The van der Waals surface area contributed by atoms with Crippen molar-refractivity contribution in [2.75, 3.05) is 18.8 Å². The molecule has 1 heterocycles. The molecule has 1 atom stereocenters. The molecule has 1 aliphatic heterocycles. The van der Waals surface area contributed by atoms with Gasteiger partial charge in [0.15, 0.2) is 0 Å². The molecule has 1 saturated heterocycles. The summed E-state index contributed by atoms with van der Waals surface area (Å²) in [6.07, 6.45) is 2.64. The number of anilines is 1. The number of nitrogen functional groups attached to an aromatic ring is 1. The second-order valence-corrected chi connectivity index (χ2v) is 5.56. The fourth-order valence-corrected chi connectivity index (χ4v) is 2.72. The van der Waals surface area contributed by atoms with Crippen molar-refractivity contribution in [3.05, 3.63) is 28.2 Å². The fraction of sp³-hybridized carbons (Fsp3) is 0.538. The van der Waals surface area contributed by atoms with E-state index in [-0.39, 0.29) is 0 Å². The van der Waals surface area contributed by atoms with Crippen LogP contribution in [-0.2, 0) is 6.54 Å². The zero-order valence-electron chi connectivity index (χ0n) is 9.75. The minimum Gasteiger partial charge on any atom is -0.398 e. The smallest absolute Gasteiger partial charge is 0.0371 e. The van der Waals surface area contributed by atoms with Crippen LogP contribution in [0.25, 0.3) is 0 Å². The van der Waals surface area contributed by atoms with Gasteiger partial charge in [-0.25, -0.2) is 0 Å². The molecular weight excluding hydrogens is 264 g/mol. The number of rotatable bonds is 3. The fourth-order valence-electron chi connectivity index (χ4n) is 2.34. The number of hydrogen-bond donors (Lipinski definition) is 1. The lowest BCUT2D eigenvalue weighted by molar-refractivity contribution is 0.315. The lowest BCUT2D eigenvalue weighted by Crippen LogP contribution is -2.20. The molecule has 1 fully saturated rings. The summed E-state index contributed by atoms with van der Waals surface area (Å²) in [5.74, 6) is 0.886. The summed E-state index contributed by atoms with van der Waals surface area (Å²) in [6, 6.07) is 6.18. The van der Waals surface area contributed by atoms with E-state index in [0.29, 0.717) is 0 Å². The van der Waals surface area contributed by atoms with Gasteiger partial charge in [-0.05, 0) is 36.6 Å². The van der Waals surface area contributed by atoms with Gasteiger partial charge in [-0.1, -0.05) is 35.3 Å². The van der Waals surface area contributed by atoms with E-state index in [1.807, 2.05) is 6.07 Å². The van der Waals surface area contributed by atoms with Gasteiger partial charge >= 0.3 is 0 Å². The lowest BCUT2D eigenvalue weighted by atomic mass is 10.1. The molecule has 0 amide bonds. The van der Waals surface area contributed by atoms with Crippen LogP contribution >= 0.6 is 15.9 Å². The van der Waals surface area contributed by atoms with Gasteiger partial charge in [-0.15, -0.1) is 0 Å². The Morgan fingerprint density at radius 3 is 2.94 bits per heavy atom. The molecule has 0 radical (unpaired) electrons. The van der Waals surface area contributed by atoms with E-state index >= 15 is 0 Å². The highest BCUT2D eigenvalue weighted by atomic mass is 79.9. The summed E-state index contributed by atoms with van der Waals surface area (Å²) in [5.41, 5.74) is 8.16. The minimum atomic E-state index is 0.886. The highest BCUT2D eigenvalue weighted by Crippen LogP contribution is 2.24. The molecule has 0 saturated carbocycles. The largest absolute Gasteiger partial charge is 0.398 e.